The fraction of sp³-hybridized carbons (Fsp3) is 0.0952. The fourth-order valence-corrected chi connectivity index (χ4v) is 2.78. The zero-order valence-corrected chi connectivity index (χ0v) is 13.3. The summed E-state index contributed by atoms with van der Waals surface area (Å²) in [5.41, 5.74) is 0.315. The standard InChI is InChI=1S/C21H16O4/c1-21(19(22)23,20(24)25)13-14-7-8-16-9-10-17(12-18(16)11-14)15-5-3-2-4-6-15/h1-12H,13H2,(H,22,23)(H,24,25). The molecule has 0 aliphatic rings. The molecule has 3 aromatic carbocycles. The predicted octanol–water partition coefficient (Wildman–Crippen LogP) is 3.92. The second kappa shape index (κ2) is 6.40. The third-order valence-corrected chi connectivity index (χ3v) is 4.26. The normalized spacial score (nSPS) is 11.4. The minimum absolute atomic E-state index is 0.289. The largest absolute Gasteiger partial charge is 0.480 e. The van der Waals surface area contributed by atoms with Crippen LogP contribution in [0.15, 0.2) is 66.7 Å². The van der Waals surface area contributed by atoms with Gasteiger partial charge < -0.3 is 10.2 Å². The zero-order valence-electron chi connectivity index (χ0n) is 13.3. The van der Waals surface area contributed by atoms with Crippen LogP contribution in [0, 0.1) is 12.3 Å². The van der Waals surface area contributed by atoms with Gasteiger partial charge in [0, 0.05) is 0 Å². The summed E-state index contributed by atoms with van der Waals surface area (Å²) >= 11 is 0. The topological polar surface area (TPSA) is 74.6 Å². The van der Waals surface area contributed by atoms with Crippen molar-refractivity contribution in [3.63, 3.8) is 0 Å². The van der Waals surface area contributed by atoms with E-state index in [0.29, 0.717) is 5.56 Å². The SMILES string of the molecule is [CH]C(Cc1ccc2ccc(-c3ccccc3)cc2c1)(C(=O)O)C(=O)O. The molecule has 0 atom stereocenters. The average Bonchev–Trinajstić information content (AvgIpc) is 2.61. The Bertz CT molecular complexity index is 931. The molecule has 0 bridgehead atoms. The lowest BCUT2D eigenvalue weighted by atomic mass is 9.83. The van der Waals surface area contributed by atoms with Crippen molar-refractivity contribution >= 4 is 22.7 Å². The van der Waals surface area contributed by atoms with Crippen LogP contribution in [0.25, 0.3) is 21.9 Å². The number of aliphatic carboxylic acids is 2. The number of fused-ring (bicyclic) bond motifs is 1. The van der Waals surface area contributed by atoms with Crippen molar-refractivity contribution in [2.75, 3.05) is 0 Å². The van der Waals surface area contributed by atoms with Gasteiger partial charge in [-0.05, 0) is 46.9 Å². The molecule has 0 fully saturated rings. The van der Waals surface area contributed by atoms with Crippen molar-refractivity contribution in [3.05, 3.63) is 79.2 Å². The Kier molecular flexibility index (Phi) is 4.28. The maximum absolute atomic E-state index is 11.3. The molecule has 2 radical (unpaired) electrons. The molecule has 0 aromatic heterocycles. The lowest BCUT2D eigenvalue weighted by molar-refractivity contribution is -0.160. The van der Waals surface area contributed by atoms with E-state index in [9.17, 15) is 9.59 Å². The highest BCUT2D eigenvalue weighted by Crippen LogP contribution is 2.28. The molecular formula is C21H16O4. The molecule has 0 amide bonds. The van der Waals surface area contributed by atoms with Crippen LogP contribution >= 0.6 is 0 Å². The fourth-order valence-electron chi connectivity index (χ4n) is 2.78. The Morgan fingerprint density at radius 3 is 2.08 bits per heavy atom. The number of benzene rings is 3. The van der Waals surface area contributed by atoms with Crippen molar-refractivity contribution in [2.45, 2.75) is 6.42 Å². The molecule has 25 heavy (non-hydrogen) atoms. The molecule has 0 saturated carbocycles. The van der Waals surface area contributed by atoms with Crippen LogP contribution in [0.2, 0.25) is 0 Å². The highest BCUT2D eigenvalue weighted by atomic mass is 16.4. The number of carboxylic acids is 2. The van der Waals surface area contributed by atoms with E-state index in [-0.39, 0.29) is 6.42 Å². The summed E-state index contributed by atoms with van der Waals surface area (Å²) in [6, 6.07) is 21.2. The van der Waals surface area contributed by atoms with Crippen LogP contribution in [-0.2, 0) is 16.0 Å². The maximum Gasteiger partial charge on any atom is 0.321 e. The van der Waals surface area contributed by atoms with E-state index < -0.39 is 17.4 Å². The van der Waals surface area contributed by atoms with E-state index in [1.165, 1.54) is 0 Å². The van der Waals surface area contributed by atoms with Crippen LogP contribution in [0.5, 0.6) is 0 Å². The van der Waals surface area contributed by atoms with Gasteiger partial charge in [-0.1, -0.05) is 60.7 Å². The van der Waals surface area contributed by atoms with E-state index in [1.807, 2.05) is 54.6 Å². The van der Waals surface area contributed by atoms with Crippen molar-refractivity contribution in [3.8, 4) is 11.1 Å². The lowest BCUT2D eigenvalue weighted by Crippen LogP contribution is -2.38. The lowest BCUT2D eigenvalue weighted by Gasteiger charge is -2.19. The number of hydrogen-bond acceptors (Lipinski definition) is 2. The molecule has 3 rings (SSSR count). The van der Waals surface area contributed by atoms with Crippen LogP contribution < -0.4 is 0 Å². The van der Waals surface area contributed by atoms with Crippen molar-refractivity contribution in [1.82, 2.24) is 0 Å². The molecule has 0 aliphatic carbocycles. The van der Waals surface area contributed by atoms with Crippen LogP contribution in [0.3, 0.4) is 0 Å². The van der Waals surface area contributed by atoms with Gasteiger partial charge in [-0.3, -0.25) is 9.59 Å². The van der Waals surface area contributed by atoms with Gasteiger partial charge in [-0.2, -0.15) is 0 Å². The summed E-state index contributed by atoms with van der Waals surface area (Å²) in [5, 5.41) is 20.2. The van der Waals surface area contributed by atoms with Gasteiger partial charge in [0.25, 0.3) is 0 Å². The Hall–Kier alpha value is -3.14. The second-order valence-electron chi connectivity index (χ2n) is 6.02. The Morgan fingerprint density at radius 2 is 1.44 bits per heavy atom. The van der Waals surface area contributed by atoms with Gasteiger partial charge in [-0.25, -0.2) is 0 Å². The van der Waals surface area contributed by atoms with E-state index >= 15 is 0 Å². The average molecular weight is 332 g/mol. The minimum atomic E-state index is -2.34. The Morgan fingerprint density at radius 1 is 0.800 bits per heavy atom. The van der Waals surface area contributed by atoms with Gasteiger partial charge in [0.15, 0.2) is 5.41 Å². The van der Waals surface area contributed by atoms with Crippen molar-refractivity contribution < 1.29 is 19.8 Å². The first-order valence-electron chi connectivity index (χ1n) is 7.74. The first kappa shape index (κ1) is 16.7. The van der Waals surface area contributed by atoms with Gasteiger partial charge in [0.1, 0.15) is 0 Å². The first-order valence-corrected chi connectivity index (χ1v) is 7.74. The highest BCUT2D eigenvalue weighted by Gasteiger charge is 2.42. The third-order valence-electron chi connectivity index (χ3n) is 4.26. The summed E-state index contributed by atoms with van der Waals surface area (Å²) in [4.78, 5) is 22.5. The summed E-state index contributed by atoms with van der Waals surface area (Å²) in [5.74, 6) is -3.11. The first-order chi connectivity index (χ1) is 11.9. The van der Waals surface area contributed by atoms with Crippen LogP contribution in [-0.4, -0.2) is 22.2 Å². The van der Waals surface area contributed by atoms with Gasteiger partial charge in [-0.15, -0.1) is 0 Å². The van der Waals surface area contributed by atoms with Crippen LogP contribution in [0.1, 0.15) is 5.56 Å². The molecule has 0 heterocycles. The monoisotopic (exact) mass is 332 g/mol. The van der Waals surface area contributed by atoms with Gasteiger partial charge in [0.05, 0.1) is 0 Å². The molecule has 0 spiro atoms. The summed E-state index contributed by atoms with van der Waals surface area (Å²) in [7, 11) is 0. The minimum Gasteiger partial charge on any atom is -0.480 e. The molecular weight excluding hydrogens is 316 g/mol. The molecule has 2 N–H and O–H groups in total. The number of hydrogen-bond donors (Lipinski definition) is 2. The summed E-state index contributed by atoms with van der Waals surface area (Å²) in [6.07, 6.45) is -0.289. The van der Waals surface area contributed by atoms with E-state index in [4.69, 9.17) is 17.1 Å². The number of rotatable bonds is 5. The number of carboxylic acid groups (broad SMARTS) is 2. The third kappa shape index (κ3) is 3.24. The van der Waals surface area contributed by atoms with E-state index in [2.05, 4.69) is 0 Å². The zero-order chi connectivity index (χ0) is 18.0. The molecule has 0 saturated heterocycles. The molecule has 4 nitrogen and oxygen atoms in total. The molecule has 4 heteroatoms. The molecule has 3 aromatic rings. The maximum atomic E-state index is 11.3. The van der Waals surface area contributed by atoms with E-state index in [0.717, 1.165) is 21.9 Å². The Balaban J connectivity index is 2.01. The van der Waals surface area contributed by atoms with Crippen molar-refractivity contribution in [2.24, 2.45) is 5.41 Å². The predicted molar refractivity (Wildman–Crippen MR) is 95.1 cm³/mol. The second-order valence-corrected chi connectivity index (χ2v) is 6.02. The summed E-state index contributed by atoms with van der Waals surface area (Å²) in [6.45, 7) is 5.58. The molecule has 124 valence electrons. The highest BCUT2D eigenvalue weighted by molar-refractivity contribution is 5.99. The molecule has 0 aliphatic heterocycles. The van der Waals surface area contributed by atoms with E-state index in [1.54, 1.807) is 12.1 Å². The smallest absolute Gasteiger partial charge is 0.321 e. The van der Waals surface area contributed by atoms with Gasteiger partial charge >= 0.3 is 11.9 Å². The quantitative estimate of drug-likeness (QED) is 0.695. The van der Waals surface area contributed by atoms with Gasteiger partial charge in [0.2, 0.25) is 0 Å². The van der Waals surface area contributed by atoms with Crippen LogP contribution in [0.4, 0.5) is 0 Å². The van der Waals surface area contributed by atoms with Crippen molar-refractivity contribution in [1.29, 1.82) is 0 Å². The number of carbonyl (C=O) groups is 2. The Labute approximate surface area is 145 Å². The summed E-state index contributed by atoms with van der Waals surface area (Å²) < 4.78 is 0. The molecule has 0 unspecified atom stereocenters.